The second-order valence-electron chi connectivity index (χ2n) is 4.96. The lowest BCUT2D eigenvalue weighted by atomic mass is 10.0. The summed E-state index contributed by atoms with van der Waals surface area (Å²) < 4.78 is 0. The second kappa shape index (κ2) is 6.95. The molecule has 0 bridgehead atoms. The Hall–Kier alpha value is -1.26. The maximum atomic E-state index is 11.8. The number of halogens is 2. The van der Waals surface area contributed by atoms with Crippen molar-refractivity contribution in [2.45, 2.75) is 33.6 Å². The third-order valence-corrected chi connectivity index (χ3v) is 3.72. The van der Waals surface area contributed by atoms with Gasteiger partial charge in [0, 0.05) is 17.9 Å². The van der Waals surface area contributed by atoms with Crippen molar-refractivity contribution in [1.29, 1.82) is 0 Å². The number of anilines is 1. The first-order chi connectivity index (χ1) is 9.22. The van der Waals surface area contributed by atoms with Gasteiger partial charge in [-0.1, -0.05) is 30.1 Å². The Labute approximate surface area is 128 Å². The number of phenolic OH excluding ortho intramolecular Hbond substituents is 1. The molecule has 6 heteroatoms. The van der Waals surface area contributed by atoms with Gasteiger partial charge in [0.2, 0.25) is 5.91 Å². The van der Waals surface area contributed by atoms with Crippen molar-refractivity contribution in [2.75, 3.05) is 5.32 Å². The minimum Gasteiger partial charge on any atom is -0.504 e. The molecule has 0 radical (unpaired) electrons. The minimum atomic E-state index is -0.301. The maximum Gasteiger partial charge on any atom is 0.224 e. The Morgan fingerprint density at radius 3 is 2.50 bits per heavy atom. The van der Waals surface area contributed by atoms with Crippen LogP contribution < -0.4 is 5.32 Å². The van der Waals surface area contributed by atoms with Crippen LogP contribution >= 0.6 is 23.2 Å². The lowest BCUT2D eigenvalue weighted by Crippen LogP contribution is -2.16. The molecule has 0 heterocycles. The van der Waals surface area contributed by atoms with Crippen molar-refractivity contribution in [3.63, 3.8) is 0 Å². The standard InChI is InChI=1S/C14H17Cl2NO3/c1-7(4-8(2)18)5-12(19)17-11-6-10(15)9(3)13(16)14(11)20/h6-7,20H,4-5H2,1-3H3,(H,17,19). The van der Waals surface area contributed by atoms with Gasteiger partial charge in [0.1, 0.15) is 5.78 Å². The first kappa shape index (κ1) is 16.8. The zero-order valence-electron chi connectivity index (χ0n) is 11.6. The Kier molecular flexibility index (Phi) is 5.84. The molecule has 0 spiro atoms. The highest BCUT2D eigenvalue weighted by Gasteiger charge is 2.16. The van der Waals surface area contributed by atoms with Gasteiger partial charge in [-0.15, -0.1) is 0 Å². The Morgan fingerprint density at radius 1 is 1.35 bits per heavy atom. The van der Waals surface area contributed by atoms with Crippen molar-refractivity contribution in [1.82, 2.24) is 0 Å². The molecule has 20 heavy (non-hydrogen) atoms. The van der Waals surface area contributed by atoms with Gasteiger partial charge >= 0.3 is 0 Å². The minimum absolute atomic E-state index is 0.0366. The maximum absolute atomic E-state index is 11.8. The molecule has 0 aliphatic rings. The lowest BCUT2D eigenvalue weighted by Gasteiger charge is -2.13. The van der Waals surface area contributed by atoms with Crippen LogP contribution in [0.5, 0.6) is 5.75 Å². The van der Waals surface area contributed by atoms with E-state index in [4.69, 9.17) is 23.2 Å². The van der Waals surface area contributed by atoms with Crippen LogP contribution in [0.3, 0.4) is 0 Å². The quantitative estimate of drug-likeness (QED) is 0.808. The van der Waals surface area contributed by atoms with E-state index in [1.54, 1.807) is 6.92 Å². The summed E-state index contributed by atoms with van der Waals surface area (Å²) >= 11 is 11.9. The number of aromatic hydroxyl groups is 1. The molecule has 0 aliphatic heterocycles. The highest BCUT2D eigenvalue weighted by atomic mass is 35.5. The van der Waals surface area contributed by atoms with Crippen LogP contribution in [0.25, 0.3) is 0 Å². The van der Waals surface area contributed by atoms with E-state index in [1.165, 1.54) is 13.0 Å². The largest absolute Gasteiger partial charge is 0.504 e. The van der Waals surface area contributed by atoms with Gasteiger partial charge in [0.05, 0.1) is 10.7 Å². The number of carbonyl (C=O) groups is 2. The summed E-state index contributed by atoms with van der Waals surface area (Å²) in [6, 6.07) is 1.45. The molecule has 4 nitrogen and oxygen atoms in total. The highest BCUT2D eigenvalue weighted by Crippen LogP contribution is 2.38. The van der Waals surface area contributed by atoms with Gasteiger partial charge in [0.15, 0.2) is 5.75 Å². The van der Waals surface area contributed by atoms with E-state index in [9.17, 15) is 14.7 Å². The molecule has 0 saturated heterocycles. The van der Waals surface area contributed by atoms with Crippen LogP contribution in [0.4, 0.5) is 5.69 Å². The predicted molar refractivity (Wildman–Crippen MR) is 80.6 cm³/mol. The van der Waals surface area contributed by atoms with Crippen LogP contribution in [0, 0.1) is 12.8 Å². The van der Waals surface area contributed by atoms with Crippen LogP contribution in [0.1, 0.15) is 32.3 Å². The van der Waals surface area contributed by atoms with E-state index in [-0.39, 0.29) is 40.5 Å². The summed E-state index contributed by atoms with van der Waals surface area (Å²) in [5.41, 5.74) is 0.722. The molecule has 1 aromatic rings. The smallest absolute Gasteiger partial charge is 0.224 e. The molecular weight excluding hydrogens is 301 g/mol. The van der Waals surface area contributed by atoms with Gasteiger partial charge in [-0.25, -0.2) is 0 Å². The molecule has 1 amide bonds. The van der Waals surface area contributed by atoms with E-state index in [1.807, 2.05) is 6.92 Å². The van der Waals surface area contributed by atoms with Crippen molar-refractivity contribution in [2.24, 2.45) is 5.92 Å². The Bertz CT molecular complexity index is 544. The summed E-state index contributed by atoms with van der Waals surface area (Å²) in [6.45, 7) is 4.97. The van der Waals surface area contributed by atoms with Crippen LogP contribution in [0.15, 0.2) is 6.07 Å². The molecule has 0 fully saturated rings. The van der Waals surface area contributed by atoms with Crippen molar-refractivity contribution in [3.8, 4) is 5.75 Å². The average molecular weight is 318 g/mol. The SMILES string of the molecule is CC(=O)CC(C)CC(=O)Nc1cc(Cl)c(C)c(Cl)c1O. The number of phenols is 1. The summed E-state index contributed by atoms with van der Waals surface area (Å²) in [7, 11) is 0. The molecule has 1 atom stereocenters. The molecule has 0 aliphatic carbocycles. The predicted octanol–water partition coefficient (Wildman–Crippen LogP) is 3.95. The number of Topliss-reactive ketones (excluding diaryl/α,β-unsaturated/α-hetero) is 1. The normalized spacial score (nSPS) is 12.1. The average Bonchev–Trinajstić information content (AvgIpc) is 2.32. The van der Waals surface area contributed by atoms with Crippen molar-refractivity contribution >= 4 is 40.6 Å². The van der Waals surface area contributed by atoms with Gasteiger partial charge in [-0.2, -0.15) is 0 Å². The first-order valence-corrected chi connectivity index (χ1v) is 6.94. The number of nitrogens with one attached hydrogen (secondary N) is 1. The summed E-state index contributed by atoms with van der Waals surface area (Å²) in [4.78, 5) is 22.8. The summed E-state index contributed by atoms with van der Waals surface area (Å²) in [5, 5.41) is 12.9. The molecule has 1 aromatic carbocycles. The number of hydrogen-bond acceptors (Lipinski definition) is 3. The zero-order valence-corrected chi connectivity index (χ0v) is 13.1. The molecule has 110 valence electrons. The number of hydrogen-bond donors (Lipinski definition) is 2. The molecule has 1 unspecified atom stereocenters. The molecule has 0 saturated carbocycles. The molecule has 1 rings (SSSR count). The highest BCUT2D eigenvalue weighted by molar-refractivity contribution is 6.37. The van der Waals surface area contributed by atoms with E-state index in [0.717, 1.165) is 0 Å². The number of ketones is 1. The van der Waals surface area contributed by atoms with Gasteiger partial charge in [0.25, 0.3) is 0 Å². The monoisotopic (exact) mass is 317 g/mol. The van der Waals surface area contributed by atoms with Crippen molar-refractivity contribution in [3.05, 3.63) is 21.7 Å². The summed E-state index contributed by atoms with van der Waals surface area (Å²) in [6.07, 6.45) is 0.525. The van der Waals surface area contributed by atoms with E-state index >= 15 is 0 Å². The Balaban J connectivity index is 2.79. The fourth-order valence-electron chi connectivity index (χ4n) is 1.88. The number of amides is 1. The van der Waals surface area contributed by atoms with Crippen LogP contribution in [-0.4, -0.2) is 16.8 Å². The summed E-state index contributed by atoms with van der Waals surface area (Å²) in [5.74, 6) is -0.535. The third kappa shape index (κ3) is 4.39. The number of rotatable bonds is 5. The van der Waals surface area contributed by atoms with Crippen molar-refractivity contribution < 1.29 is 14.7 Å². The van der Waals surface area contributed by atoms with Gasteiger partial charge in [-0.3, -0.25) is 4.79 Å². The van der Waals surface area contributed by atoms with E-state index < -0.39 is 0 Å². The molecule has 2 N–H and O–H groups in total. The molecule has 0 aromatic heterocycles. The van der Waals surface area contributed by atoms with E-state index in [0.29, 0.717) is 17.0 Å². The number of carbonyl (C=O) groups excluding carboxylic acids is 2. The van der Waals surface area contributed by atoms with Gasteiger partial charge < -0.3 is 15.2 Å². The molecular formula is C14H17Cl2NO3. The fraction of sp³-hybridized carbons (Fsp3) is 0.429. The van der Waals surface area contributed by atoms with Crippen LogP contribution in [0.2, 0.25) is 10.0 Å². The Morgan fingerprint density at radius 2 is 1.95 bits per heavy atom. The lowest BCUT2D eigenvalue weighted by molar-refractivity contribution is -0.119. The zero-order chi connectivity index (χ0) is 15.4. The topological polar surface area (TPSA) is 66.4 Å². The first-order valence-electron chi connectivity index (χ1n) is 6.19. The van der Waals surface area contributed by atoms with E-state index in [2.05, 4.69) is 5.32 Å². The third-order valence-electron chi connectivity index (χ3n) is 2.87. The second-order valence-corrected chi connectivity index (χ2v) is 5.74. The fourth-order valence-corrected chi connectivity index (χ4v) is 2.34. The number of benzene rings is 1. The van der Waals surface area contributed by atoms with Gasteiger partial charge in [-0.05, 0) is 31.4 Å². The van der Waals surface area contributed by atoms with Crippen LogP contribution in [-0.2, 0) is 9.59 Å².